The summed E-state index contributed by atoms with van der Waals surface area (Å²) in [5.74, 6) is 2.73. The third kappa shape index (κ3) is 2.57. The topological polar surface area (TPSA) is 77.8 Å². The van der Waals surface area contributed by atoms with Gasteiger partial charge in [0.25, 0.3) is 5.89 Å². The van der Waals surface area contributed by atoms with Crippen LogP contribution in [0.15, 0.2) is 4.52 Å². The monoisotopic (exact) mass is 292 g/mol. The summed E-state index contributed by atoms with van der Waals surface area (Å²) < 4.78 is 5.41. The second-order valence-electron chi connectivity index (χ2n) is 5.55. The van der Waals surface area contributed by atoms with Crippen LogP contribution >= 0.6 is 11.3 Å². The molecule has 1 aliphatic carbocycles. The van der Waals surface area contributed by atoms with Crippen molar-refractivity contribution in [2.45, 2.75) is 51.9 Å². The Morgan fingerprint density at radius 1 is 1.25 bits per heavy atom. The Bertz CT molecular complexity index is 584. The van der Waals surface area contributed by atoms with E-state index in [1.54, 1.807) is 0 Å². The zero-order chi connectivity index (χ0) is 14.1. The Hall–Kier alpha value is -1.43. The quantitative estimate of drug-likeness (QED) is 0.931. The summed E-state index contributed by atoms with van der Waals surface area (Å²) in [6.07, 6.45) is 6.17. The second-order valence-corrected chi connectivity index (χ2v) is 6.58. The van der Waals surface area contributed by atoms with Gasteiger partial charge in [0.05, 0.1) is 5.69 Å². The van der Waals surface area contributed by atoms with Gasteiger partial charge in [-0.25, -0.2) is 4.98 Å². The van der Waals surface area contributed by atoms with Crippen molar-refractivity contribution < 1.29 is 4.52 Å². The summed E-state index contributed by atoms with van der Waals surface area (Å²) in [5, 5.41) is 4.71. The van der Waals surface area contributed by atoms with Gasteiger partial charge in [0, 0.05) is 5.92 Å². The molecule has 0 atom stereocenters. The number of hydrogen-bond donors (Lipinski definition) is 1. The van der Waals surface area contributed by atoms with Gasteiger partial charge < -0.3 is 10.3 Å². The maximum Gasteiger partial charge on any atom is 0.270 e. The van der Waals surface area contributed by atoms with Crippen LogP contribution in [0.3, 0.4) is 0 Å². The predicted octanol–water partition coefficient (Wildman–Crippen LogP) is 3.77. The van der Waals surface area contributed by atoms with Crippen molar-refractivity contribution in [1.82, 2.24) is 15.1 Å². The molecule has 1 fully saturated rings. The van der Waals surface area contributed by atoms with Gasteiger partial charge in [-0.3, -0.25) is 0 Å². The van der Waals surface area contributed by atoms with Crippen molar-refractivity contribution in [3.63, 3.8) is 0 Å². The summed E-state index contributed by atoms with van der Waals surface area (Å²) in [6.45, 7) is 4.19. The number of aromatic nitrogens is 3. The molecule has 0 radical (unpaired) electrons. The van der Waals surface area contributed by atoms with E-state index >= 15 is 0 Å². The average molecular weight is 292 g/mol. The molecule has 1 aliphatic rings. The third-order valence-electron chi connectivity index (χ3n) is 4.24. The standard InChI is InChI=1S/C14H20N4OS/c1-3-9-4-6-10(7-5-9)12-17-13(19-18-12)11-8(2)16-14(15)20-11/h9-10H,3-7H2,1-2H3,(H2,15,16). The van der Waals surface area contributed by atoms with E-state index < -0.39 is 0 Å². The fourth-order valence-corrected chi connectivity index (χ4v) is 3.69. The lowest BCUT2D eigenvalue weighted by atomic mass is 9.80. The molecule has 0 spiro atoms. The van der Waals surface area contributed by atoms with Crippen molar-refractivity contribution in [2.24, 2.45) is 5.92 Å². The van der Waals surface area contributed by atoms with Crippen molar-refractivity contribution in [2.75, 3.05) is 5.73 Å². The van der Waals surface area contributed by atoms with E-state index in [0.29, 0.717) is 16.9 Å². The van der Waals surface area contributed by atoms with Gasteiger partial charge in [-0.05, 0) is 38.5 Å². The molecule has 2 aromatic rings. The van der Waals surface area contributed by atoms with Crippen LogP contribution in [-0.2, 0) is 0 Å². The fraction of sp³-hybridized carbons (Fsp3) is 0.643. The summed E-state index contributed by atoms with van der Waals surface area (Å²) in [5.41, 5.74) is 6.57. The van der Waals surface area contributed by atoms with Crippen LogP contribution in [0.1, 0.15) is 56.5 Å². The van der Waals surface area contributed by atoms with Gasteiger partial charge in [0.15, 0.2) is 11.0 Å². The van der Waals surface area contributed by atoms with Crippen LogP contribution in [0.25, 0.3) is 10.8 Å². The normalized spacial score (nSPS) is 23.1. The van der Waals surface area contributed by atoms with Crippen molar-refractivity contribution in [3.8, 4) is 10.8 Å². The SMILES string of the molecule is CCC1CCC(c2noc(-c3sc(N)nc3C)n2)CC1. The molecule has 1 saturated carbocycles. The molecule has 2 aromatic heterocycles. The highest BCUT2D eigenvalue weighted by atomic mass is 32.1. The smallest absolute Gasteiger partial charge is 0.270 e. The molecule has 0 amide bonds. The zero-order valence-electron chi connectivity index (χ0n) is 11.9. The van der Waals surface area contributed by atoms with Gasteiger partial charge in [-0.1, -0.05) is 29.8 Å². The lowest BCUT2D eigenvalue weighted by molar-refractivity contribution is 0.305. The van der Waals surface area contributed by atoms with Crippen LogP contribution in [0.4, 0.5) is 5.13 Å². The molecule has 0 bridgehead atoms. The Kier molecular flexibility index (Phi) is 3.74. The minimum absolute atomic E-state index is 0.445. The van der Waals surface area contributed by atoms with E-state index in [1.807, 2.05) is 6.92 Å². The van der Waals surface area contributed by atoms with E-state index in [9.17, 15) is 0 Å². The van der Waals surface area contributed by atoms with E-state index in [1.165, 1.54) is 43.4 Å². The van der Waals surface area contributed by atoms with Crippen molar-refractivity contribution in [3.05, 3.63) is 11.5 Å². The van der Waals surface area contributed by atoms with Gasteiger partial charge >= 0.3 is 0 Å². The van der Waals surface area contributed by atoms with Crippen molar-refractivity contribution in [1.29, 1.82) is 0 Å². The number of anilines is 1. The summed E-state index contributed by atoms with van der Waals surface area (Å²) in [6, 6.07) is 0. The highest BCUT2D eigenvalue weighted by Gasteiger charge is 2.26. The molecule has 2 heterocycles. The van der Waals surface area contributed by atoms with Gasteiger partial charge in [0.1, 0.15) is 4.88 Å². The van der Waals surface area contributed by atoms with Crippen LogP contribution < -0.4 is 5.73 Å². The maximum atomic E-state index is 5.71. The van der Waals surface area contributed by atoms with Gasteiger partial charge in [-0.15, -0.1) is 0 Å². The highest BCUT2D eigenvalue weighted by Crippen LogP contribution is 2.37. The van der Waals surface area contributed by atoms with Crippen LogP contribution in [0.2, 0.25) is 0 Å². The van der Waals surface area contributed by atoms with Gasteiger partial charge in [-0.2, -0.15) is 4.98 Å². The Labute approximate surface area is 122 Å². The summed E-state index contributed by atoms with van der Waals surface area (Å²) >= 11 is 1.40. The predicted molar refractivity (Wildman–Crippen MR) is 79.5 cm³/mol. The fourth-order valence-electron chi connectivity index (χ4n) is 2.94. The molecule has 3 rings (SSSR count). The molecule has 0 aromatic carbocycles. The number of nitrogen functional groups attached to an aromatic ring is 1. The second kappa shape index (κ2) is 5.52. The number of aryl methyl sites for hydroxylation is 1. The number of hydrogen-bond acceptors (Lipinski definition) is 6. The first-order valence-corrected chi connectivity index (χ1v) is 8.06. The van der Waals surface area contributed by atoms with E-state index in [0.717, 1.165) is 22.3 Å². The molecule has 20 heavy (non-hydrogen) atoms. The Morgan fingerprint density at radius 3 is 2.60 bits per heavy atom. The minimum atomic E-state index is 0.445. The largest absolute Gasteiger partial charge is 0.375 e. The van der Waals surface area contributed by atoms with E-state index in [-0.39, 0.29) is 0 Å². The molecule has 5 nitrogen and oxygen atoms in total. The molecule has 0 aliphatic heterocycles. The van der Waals surface area contributed by atoms with Crippen molar-refractivity contribution >= 4 is 16.5 Å². The molecule has 2 N–H and O–H groups in total. The summed E-state index contributed by atoms with van der Waals surface area (Å²) in [4.78, 5) is 9.66. The number of thiazole rings is 1. The lowest BCUT2D eigenvalue weighted by Gasteiger charge is -2.25. The number of nitrogens with two attached hydrogens (primary N) is 1. The van der Waals surface area contributed by atoms with Crippen LogP contribution in [-0.4, -0.2) is 15.1 Å². The molecule has 6 heteroatoms. The molecular weight excluding hydrogens is 272 g/mol. The first-order chi connectivity index (χ1) is 9.67. The maximum absolute atomic E-state index is 5.71. The lowest BCUT2D eigenvalue weighted by Crippen LogP contribution is -2.13. The van der Waals surface area contributed by atoms with Crippen LogP contribution in [0, 0.1) is 12.8 Å². The number of nitrogens with zero attached hydrogens (tertiary/aromatic N) is 3. The Morgan fingerprint density at radius 2 is 2.00 bits per heavy atom. The van der Waals surface area contributed by atoms with E-state index in [4.69, 9.17) is 10.3 Å². The minimum Gasteiger partial charge on any atom is -0.375 e. The molecule has 0 unspecified atom stereocenters. The zero-order valence-corrected chi connectivity index (χ0v) is 12.7. The average Bonchev–Trinajstić information content (AvgIpc) is 3.05. The molecule has 108 valence electrons. The third-order valence-corrected chi connectivity index (χ3v) is 5.21. The molecular formula is C14H20N4OS. The van der Waals surface area contributed by atoms with Crippen LogP contribution in [0.5, 0.6) is 0 Å². The Balaban J connectivity index is 1.76. The summed E-state index contributed by atoms with van der Waals surface area (Å²) in [7, 11) is 0. The first kappa shape index (κ1) is 13.5. The number of rotatable bonds is 3. The molecule has 0 saturated heterocycles. The van der Waals surface area contributed by atoms with Gasteiger partial charge in [0.2, 0.25) is 0 Å². The first-order valence-electron chi connectivity index (χ1n) is 7.24. The highest BCUT2D eigenvalue weighted by molar-refractivity contribution is 7.18. The van der Waals surface area contributed by atoms with E-state index in [2.05, 4.69) is 22.0 Å².